The number of aliphatic carboxylic acids is 1. The number of aromatic nitrogens is 2. The Balaban J connectivity index is 1.24. The van der Waals surface area contributed by atoms with E-state index in [0.717, 1.165) is 44.2 Å². The van der Waals surface area contributed by atoms with Gasteiger partial charge in [-0.1, -0.05) is 58.6 Å². The first-order valence-electron chi connectivity index (χ1n) is 26.6. The van der Waals surface area contributed by atoms with Gasteiger partial charge in [0.1, 0.15) is 18.3 Å². The number of nitrogens with two attached hydrogens (primary N) is 1. The van der Waals surface area contributed by atoms with Crippen LogP contribution < -0.4 is 11.1 Å². The van der Waals surface area contributed by atoms with Crippen LogP contribution in [0, 0.1) is 73.9 Å². The standard InChI is InChI=1S/C53H84N4O12/c1-48(26-59)16-18-52(47(66)67)19-17-50(3)33(35(52)22-48)12-13-39-51(50,4)15-14-38-49(2,27-60)44(69-46-43(64)42(63)37(61)25-68-46)41(62)34(53(38,39)29-9-6-5-7-10-29)21-31-32(24-58)45(65)57-40(31)30(11-8-20-54)36-23-55-28-56-36/h12,23,28-32,34-35,37-44,46,58-64H,5-11,13-22,24-27,54H2,1-4H3,(H,55,56)(H,57,65)(H,66,67)/t30-,31+,32-,34+,35+,37-,38-,39+,40-,41-,42+,43-,44-,46+,48+,49+,50-,51-,52+,53+/m1/s1. The summed E-state index contributed by atoms with van der Waals surface area (Å²) in [4.78, 5) is 35.5. The van der Waals surface area contributed by atoms with Crippen LogP contribution in [0.5, 0.6) is 0 Å². The second kappa shape index (κ2) is 19.1. The fourth-order valence-electron chi connectivity index (χ4n) is 17.9. The minimum atomic E-state index is -1.64. The van der Waals surface area contributed by atoms with Gasteiger partial charge in [0.15, 0.2) is 6.29 Å². The van der Waals surface area contributed by atoms with Crippen LogP contribution in [0.3, 0.4) is 0 Å². The number of aliphatic hydroxyl groups excluding tert-OH is 7. The van der Waals surface area contributed by atoms with E-state index in [0.29, 0.717) is 70.8 Å². The number of hydrogen-bond acceptors (Lipinski definition) is 13. The molecule has 20 atom stereocenters. The Morgan fingerprint density at radius 3 is 2.33 bits per heavy atom. The van der Waals surface area contributed by atoms with Crippen molar-refractivity contribution in [2.75, 3.05) is 33.0 Å². The summed E-state index contributed by atoms with van der Waals surface area (Å²) in [5.74, 6) is -3.56. The summed E-state index contributed by atoms with van der Waals surface area (Å²) in [5, 5.41) is 95.1. The van der Waals surface area contributed by atoms with E-state index in [4.69, 9.17) is 15.2 Å². The van der Waals surface area contributed by atoms with Crippen LogP contribution in [-0.2, 0) is 19.1 Å². The van der Waals surface area contributed by atoms with Gasteiger partial charge < -0.3 is 66.4 Å². The van der Waals surface area contributed by atoms with E-state index in [2.05, 4.69) is 42.1 Å². The number of nitrogens with one attached hydrogen (secondary N) is 2. The van der Waals surface area contributed by atoms with Gasteiger partial charge in [0, 0.05) is 35.9 Å². The Bertz CT molecular complexity index is 2040. The maximum Gasteiger partial charge on any atom is 0.310 e. The number of carbonyl (C=O) groups is 2. The van der Waals surface area contributed by atoms with Crippen molar-refractivity contribution in [2.45, 2.75) is 179 Å². The molecule has 3 heterocycles. The third kappa shape index (κ3) is 7.76. The summed E-state index contributed by atoms with van der Waals surface area (Å²) in [5.41, 5.74) is 4.20. The number of fused-ring (bicyclic) bond motifs is 7. The van der Waals surface area contributed by atoms with Crippen molar-refractivity contribution >= 4 is 11.9 Å². The Morgan fingerprint density at radius 2 is 1.68 bits per heavy atom. The van der Waals surface area contributed by atoms with Crippen LogP contribution in [-0.4, -0.2) is 139 Å². The number of rotatable bonds is 14. The lowest BCUT2D eigenvalue weighted by atomic mass is 9.29. The zero-order chi connectivity index (χ0) is 49.5. The van der Waals surface area contributed by atoms with E-state index in [1.54, 1.807) is 12.5 Å². The quantitative estimate of drug-likeness (QED) is 0.0936. The molecule has 1 amide bonds. The zero-order valence-electron chi connectivity index (χ0n) is 41.5. The van der Waals surface area contributed by atoms with Gasteiger partial charge in [0.25, 0.3) is 0 Å². The lowest BCUT2D eigenvalue weighted by Gasteiger charge is -2.76. The molecule has 7 fully saturated rings. The van der Waals surface area contributed by atoms with Crippen molar-refractivity contribution in [3.63, 3.8) is 0 Å². The van der Waals surface area contributed by atoms with E-state index >= 15 is 0 Å². The molecular weight excluding hydrogens is 885 g/mol. The third-order valence-electron chi connectivity index (χ3n) is 21.8. The van der Waals surface area contributed by atoms with Crippen molar-refractivity contribution < 1.29 is 59.9 Å². The molecule has 16 nitrogen and oxygen atoms in total. The molecule has 0 unspecified atom stereocenters. The number of ether oxygens (including phenoxy) is 2. The summed E-state index contributed by atoms with van der Waals surface area (Å²) in [6.45, 7) is 8.25. The molecule has 8 aliphatic rings. The highest BCUT2D eigenvalue weighted by Crippen LogP contribution is 2.79. The minimum Gasteiger partial charge on any atom is -0.481 e. The van der Waals surface area contributed by atoms with E-state index in [1.807, 2.05) is 6.92 Å². The molecule has 9 rings (SSSR count). The van der Waals surface area contributed by atoms with Crippen LogP contribution in [0.4, 0.5) is 0 Å². The molecule has 69 heavy (non-hydrogen) atoms. The van der Waals surface area contributed by atoms with Crippen LogP contribution in [0.25, 0.3) is 0 Å². The maximum atomic E-state index is 14.3. The first kappa shape index (κ1) is 51.4. The average molecular weight is 969 g/mol. The van der Waals surface area contributed by atoms with Crippen molar-refractivity contribution in [1.29, 1.82) is 0 Å². The highest BCUT2D eigenvalue weighted by molar-refractivity contribution is 5.82. The van der Waals surface area contributed by atoms with Crippen LogP contribution >= 0.6 is 0 Å². The molecule has 1 aromatic rings. The lowest BCUT2D eigenvalue weighted by Crippen LogP contribution is -2.75. The number of aliphatic hydroxyl groups is 7. The highest BCUT2D eigenvalue weighted by atomic mass is 16.7. The number of aromatic amines is 1. The fourth-order valence-corrected chi connectivity index (χ4v) is 17.9. The minimum absolute atomic E-state index is 0.0115. The van der Waals surface area contributed by atoms with Crippen molar-refractivity contribution in [3.8, 4) is 0 Å². The average Bonchev–Trinajstić information content (AvgIpc) is 3.99. The van der Waals surface area contributed by atoms with E-state index < -0.39 is 106 Å². The zero-order valence-corrected chi connectivity index (χ0v) is 41.5. The Kier molecular flexibility index (Phi) is 14.2. The number of imidazole rings is 1. The van der Waals surface area contributed by atoms with Crippen LogP contribution in [0.2, 0.25) is 0 Å². The second-order valence-electron chi connectivity index (χ2n) is 24.6. The maximum absolute atomic E-state index is 14.3. The Hall–Kier alpha value is -2.51. The van der Waals surface area contributed by atoms with Crippen molar-refractivity contribution in [3.05, 3.63) is 29.9 Å². The molecule has 0 spiro atoms. The number of amides is 1. The number of carboxylic acids is 1. The van der Waals surface area contributed by atoms with Gasteiger partial charge in [0.2, 0.25) is 5.91 Å². The number of carbonyl (C=O) groups excluding carboxylic acids is 1. The number of carboxylic acid groups (broad SMARTS) is 1. The Labute approximate surface area is 407 Å². The van der Waals surface area contributed by atoms with E-state index in [1.165, 1.54) is 5.57 Å². The fraction of sp³-hybridized carbons (Fsp3) is 0.868. The molecule has 2 saturated heterocycles. The molecule has 6 aliphatic carbocycles. The normalized spacial score (nSPS) is 48.3. The second-order valence-corrected chi connectivity index (χ2v) is 24.6. The summed E-state index contributed by atoms with van der Waals surface area (Å²) in [6, 6.07) is -0.457. The first-order valence-corrected chi connectivity index (χ1v) is 26.6. The van der Waals surface area contributed by atoms with Gasteiger partial charge in [-0.25, -0.2) is 4.98 Å². The van der Waals surface area contributed by atoms with Gasteiger partial charge in [-0.05, 0) is 147 Å². The first-order chi connectivity index (χ1) is 32.9. The summed E-state index contributed by atoms with van der Waals surface area (Å²) in [7, 11) is 0. The molecule has 0 bridgehead atoms. The molecule has 0 aromatic carbocycles. The van der Waals surface area contributed by atoms with Crippen molar-refractivity contribution in [2.24, 2.45) is 79.6 Å². The number of nitrogens with zero attached hydrogens (tertiary/aromatic N) is 1. The monoisotopic (exact) mass is 969 g/mol. The molecule has 2 aliphatic heterocycles. The third-order valence-corrected chi connectivity index (χ3v) is 21.8. The predicted octanol–water partition coefficient (Wildman–Crippen LogP) is 3.76. The molecule has 0 radical (unpaired) electrons. The molecule has 5 saturated carbocycles. The molecule has 1 aromatic heterocycles. The van der Waals surface area contributed by atoms with Gasteiger partial charge in [-0.3, -0.25) is 9.59 Å². The SMILES string of the molecule is C[C@]1(CO)CC[C@]2(C(=O)O)CC[C@]3(C)C(=CC[C@@H]4[C@]5(C6CCCCC6)[C@H](CC[C@]43C)[C@](C)(CO)[C@H](O[C@@H]3OC[C@@H](O)[C@H](O)[C@H]3O)[C@H](O)[C@@H]5C[C@@H]3[C@@H]([C@H](CCCN)c4cnc[nH]4)NC(=O)[C@@H]3CO)[C@@H]2C1. The molecule has 16 heteroatoms. The van der Waals surface area contributed by atoms with Gasteiger partial charge in [-0.15, -0.1) is 0 Å². The number of allylic oxidation sites excluding steroid dienone is 2. The largest absolute Gasteiger partial charge is 0.481 e. The predicted molar refractivity (Wildman–Crippen MR) is 254 cm³/mol. The topological polar surface area (TPSA) is 281 Å². The van der Waals surface area contributed by atoms with Crippen LogP contribution in [0.15, 0.2) is 24.2 Å². The summed E-state index contributed by atoms with van der Waals surface area (Å²) in [6.07, 6.45) is 8.94. The van der Waals surface area contributed by atoms with Gasteiger partial charge in [0.05, 0.1) is 49.7 Å². The highest BCUT2D eigenvalue weighted by Gasteiger charge is 2.76. The summed E-state index contributed by atoms with van der Waals surface area (Å²) < 4.78 is 12.7. The van der Waals surface area contributed by atoms with Gasteiger partial charge in [-0.2, -0.15) is 0 Å². The molecule has 388 valence electrons. The number of hydrogen-bond donors (Lipinski definition) is 11. The Morgan fingerprint density at radius 1 is 0.942 bits per heavy atom. The van der Waals surface area contributed by atoms with E-state index in [9.17, 15) is 50.4 Å². The lowest BCUT2D eigenvalue weighted by molar-refractivity contribution is -0.350. The number of H-pyrrole nitrogens is 1. The van der Waals surface area contributed by atoms with E-state index in [-0.39, 0.29) is 55.3 Å². The molecular formula is C53H84N4O12. The smallest absolute Gasteiger partial charge is 0.310 e. The summed E-state index contributed by atoms with van der Waals surface area (Å²) >= 11 is 0. The van der Waals surface area contributed by atoms with Crippen LogP contribution in [0.1, 0.15) is 142 Å². The molecule has 12 N–H and O–H groups in total. The van der Waals surface area contributed by atoms with Gasteiger partial charge >= 0.3 is 5.97 Å². The van der Waals surface area contributed by atoms with Crippen molar-refractivity contribution in [1.82, 2.24) is 15.3 Å².